The van der Waals surface area contributed by atoms with Gasteiger partial charge in [0, 0.05) is 27.0 Å². The second-order valence-corrected chi connectivity index (χ2v) is 7.30. The third-order valence-corrected chi connectivity index (χ3v) is 5.04. The minimum absolute atomic E-state index is 0.0486. The first-order chi connectivity index (χ1) is 15.9. The quantitative estimate of drug-likeness (QED) is 0.381. The molecule has 1 unspecified atom stereocenters. The average molecular weight is 467 g/mol. The molecule has 0 spiro atoms. The first-order valence-corrected chi connectivity index (χ1v) is 10.1. The lowest BCUT2D eigenvalue weighted by molar-refractivity contribution is -0.134. The fraction of sp³-hybridized carbons (Fsp3) is 0.556. The normalized spacial score (nSPS) is 20.6. The number of imidazole rings is 1. The Bertz CT molecular complexity index is 1120. The van der Waals surface area contributed by atoms with Gasteiger partial charge in [-0.3, -0.25) is 9.36 Å². The molecule has 3 N–H and O–H groups in total. The molecule has 1 aliphatic rings. The van der Waals surface area contributed by atoms with Gasteiger partial charge in [0.1, 0.15) is 12.2 Å². The van der Waals surface area contributed by atoms with Crippen molar-refractivity contribution in [3.8, 4) is 5.95 Å². The summed E-state index contributed by atoms with van der Waals surface area (Å²) >= 11 is 0. The average Bonchev–Trinajstić information content (AvgIpc) is 3.53. The van der Waals surface area contributed by atoms with Crippen molar-refractivity contribution >= 4 is 22.9 Å². The van der Waals surface area contributed by atoms with E-state index in [1.165, 1.54) is 22.6 Å². The topological polar surface area (TPSA) is 154 Å². The molecule has 0 radical (unpaired) electrons. The first-order valence-electron chi connectivity index (χ1n) is 10.1. The van der Waals surface area contributed by atoms with Crippen LogP contribution in [-0.4, -0.2) is 91.5 Å². The number of anilines is 1. The van der Waals surface area contributed by atoms with Crippen LogP contribution < -0.4 is 10.6 Å². The van der Waals surface area contributed by atoms with Gasteiger partial charge in [0.05, 0.1) is 31.4 Å². The highest BCUT2D eigenvalue weighted by Crippen LogP contribution is 2.32. The minimum atomic E-state index is -2.62. The van der Waals surface area contributed by atoms with Crippen LogP contribution in [0, 0.1) is 0 Å². The fourth-order valence-corrected chi connectivity index (χ4v) is 3.44. The standard InChI is InChI=1S/C18H23F2N9O4/c1-21-16(31)11-5-10(30)17(33-11)28-8-23-13-14(22-6-12(19)20)24-18(25-15(13)28)29-7-9(26-27-29)3-4-32-2/h7-8,10-12,17,30H,3-6H2,1-2H3,(H,21,31)(H,22,24,25)/t10-,11+,17?/m1/s1. The molecule has 1 amide bonds. The van der Waals surface area contributed by atoms with E-state index in [1.54, 1.807) is 13.3 Å². The van der Waals surface area contributed by atoms with Crippen molar-refractivity contribution in [1.82, 2.24) is 39.8 Å². The van der Waals surface area contributed by atoms with E-state index in [0.717, 1.165) is 0 Å². The largest absolute Gasteiger partial charge is 0.388 e. The summed E-state index contributed by atoms with van der Waals surface area (Å²) in [5, 5.41) is 23.6. The van der Waals surface area contributed by atoms with Gasteiger partial charge in [0.15, 0.2) is 23.2 Å². The number of ether oxygens (including phenoxy) is 2. The van der Waals surface area contributed by atoms with Crippen molar-refractivity contribution in [3.63, 3.8) is 0 Å². The Labute approximate surface area is 186 Å². The lowest BCUT2D eigenvalue weighted by atomic mass is 10.2. The molecular formula is C18H23F2N9O4. The van der Waals surface area contributed by atoms with Gasteiger partial charge in [-0.25, -0.2) is 13.8 Å². The van der Waals surface area contributed by atoms with Gasteiger partial charge in [0.2, 0.25) is 5.91 Å². The van der Waals surface area contributed by atoms with Gasteiger partial charge >= 0.3 is 0 Å². The van der Waals surface area contributed by atoms with Gasteiger partial charge in [0.25, 0.3) is 12.4 Å². The molecule has 3 aromatic rings. The summed E-state index contributed by atoms with van der Waals surface area (Å²) in [6.45, 7) is -0.216. The number of aliphatic hydroxyl groups is 1. The fourth-order valence-electron chi connectivity index (χ4n) is 3.44. The Morgan fingerprint density at radius 2 is 2.24 bits per heavy atom. The maximum atomic E-state index is 12.9. The molecule has 0 saturated carbocycles. The minimum Gasteiger partial charge on any atom is -0.388 e. The van der Waals surface area contributed by atoms with Crippen molar-refractivity contribution in [3.05, 3.63) is 18.2 Å². The number of halogens is 2. The number of aromatic nitrogens is 7. The molecule has 13 nitrogen and oxygen atoms in total. The Morgan fingerprint density at radius 3 is 2.97 bits per heavy atom. The molecule has 33 heavy (non-hydrogen) atoms. The van der Waals surface area contributed by atoms with Crippen molar-refractivity contribution < 1.29 is 28.2 Å². The number of nitrogens with one attached hydrogen (secondary N) is 2. The summed E-state index contributed by atoms with van der Waals surface area (Å²) in [4.78, 5) is 24.9. The van der Waals surface area contributed by atoms with E-state index in [4.69, 9.17) is 9.47 Å². The van der Waals surface area contributed by atoms with E-state index in [1.807, 2.05) is 0 Å². The van der Waals surface area contributed by atoms with Crippen LogP contribution in [-0.2, 0) is 20.7 Å². The smallest absolute Gasteiger partial charge is 0.256 e. The third kappa shape index (κ3) is 4.74. The summed E-state index contributed by atoms with van der Waals surface area (Å²) in [6, 6.07) is 0. The van der Waals surface area contributed by atoms with Crippen LogP contribution in [0.25, 0.3) is 17.1 Å². The van der Waals surface area contributed by atoms with E-state index in [-0.39, 0.29) is 35.3 Å². The highest BCUT2D eigenvalue weighted by molar-refractivity contribution is 5.84. The number of alkyl halides is 2. The van der Waals surface area contributed by atoms with Crippen molar-refractivity contribution in [2.45, 2.75) is 37.7 Å². The van der Waals surface area contributed by atoms with Crippen molar-refractivity contribution in [1.29, 1.82) is 0 Å². The number of carbonyl (C=O) groups is 1. The summed E-state index contributed by atoms with van der Waals surface area (Å²) in [5.41, 5.74) is 1.02. The number of fused-ring (bicyclic) bond motifs is 1. The number of methoxy groups -OCH3 is 1. The Kier molecular flexibility index (Phi) is 6.71. The summed E-state index contributed by atoms with van der Waals surface area (Å²) < 4.78 is 39.2. The monoisotopic (exact) mass is 467 g/mol. The predicted octanol–water partition coefficient (Wildman–Crippen LogP) is -0.333. The van der Waals surface area contributed by atoms with Crippen LogP contribution in [0.15, 0.2) is 12.5 Å². The van der Waals surface area contributed by atoms with Crippen LogP contribution in [0.2, 0.25) is 0 Å². The molecule has 0 bridgehead atoms. The van der Waals surface area contributed by atoms with E-state index in [9.17, 15) is 18.7 Å². The van der Waals surface area contributed by atoms with E-state index < -0.39 is 31.4 Å². The number of hydrogen-bond donors (Lipinski definition) is 3. The Balaban J connectivity index is 1.74. The van der Waals surface area contributed by atoms with Gasteiger partial charge in [-0.15, -0.1) is 5.10 Å². The molecule has 0 aliphatic carbocycles. The van der Waals surface area contributed by atoms with Crippen LogP contribution in [0.1, 0.15) is 18.3 Å². The molecule has 1 fully saturated rings. The second kappa shape index (κ2) is 9.68. The summed E-state index contributed by atoms with van der Waals surface area (Å²) in [7, 11) is 3.04. The summed E-state index contributed by atoms with van der Waals surface area (Å²) in [6.07, 6.45) is -1.93. The number of nitrogens with zero attached hydrogens (tertiary/aromatic N) is 7. The zero-order chi connectivity index (χ0) is 23.5. The maximum Gasteiger partial charge on any atom is 0.256 e. The predicted molar refractivity (Wildman–Crippen MR) is 109 cm³/mol. The second-order valence-electron chi connectivity index (χ2n) is 7.30. The lowest BCUT2D eigenvalue weighted by Gasteiger charge is -2.17. The molecule has 0 aromatic carbocycles. The number of hydrogen-bond acceptors (Lipinski definition) is 10. The Morgan fingerprint density at radius 1 is 1.42 bits per heavy atom. The lowest BCUT2D eigenvalue weighted by Crippen LogP contribution is -2.31. The van der Waals surface area contributed by atoms with Crippen LogP contribution in [0.3, 0.4) is 0 Å². The van der Waals surface area contributed by atoms with Crippen molar-refractivity contribution in [2.24, 2.45) is 0 Å². The van der Waals surface area contributed by atoms with Gasteiger partial charge in [-0.2, -0.15) is 14.6 Å². The van der Waals surface area contributed by atoms with Crippen LogP contribution in [0.4, 0.5) is 14.6 Å². The number of amides is 1. The molecule has 178 valence electrons. The SMILES string of the molecule is CNC(=O)[C@@H]1C[C@@H](O)C(n2cnc3c(NCC(F)F)nc(-n4cc(CCOC)nn4)nc32)O1. The van der Waals surface area contributed by atoms with Gasteiger partial charge in [-0.1, -0.05) is 5.21 Å². The molecule has 3 atom stereocenters. The highest BCUT2D eigenvalue weighted by Gasteiger charge is 2.39. The zero-order valence-electron chi connectivity index (χ0n) is 17.9. The van der Waals surface area contributed by atoms with Crippen LogP contribution >= 0.6 is 0 Å². The van der Waals surface area contributed by atoms with Crippen molar-refractivity contribution in [2.75, 3.05) is 32.6 Å². The molecule has 4 heterocycles. The first kappa shape index (κ1) is 22.9. The number of carbonyl (C=O) groups excluding carboxylic acids is 1. The van der Waals surface area contributed by atoms with E-state index in [2.05, 4.69) is 35.9 Å². The van der Waals surface area contributed by atoms with Gasteiger partial charge in [-0.05, 0) is 0 Å². The number of likely N-dealkylation sites (N-methyl/N-ethyl adjacent to an activating group) is 1. The molecule has 4 rings (SSSR count). The molecule has 1 aliphatic heterocycles. The third-order valence-electron chi connectivity index (χ3n) is 5.04. The zero-order valence-corrected chi connectivity index (χ0v) is 17.9. The van der Waals surface area contributed by atoms with E-state index >= 15 is 0 Å². The number of aliphatic hydroxyl groups excluding tert-OH is 1. The molecular weight excluding hydrogens is 444 g/mol. The van der Waals surface area contributed by atoms with Gasteiger partial charge < -0.3 is 25.2 Å². The molecule has 1 saturated heterocycles. The molecule has 3 aromatic heterocycles. The number of rotatable bonds is 9. The molecule has 15 heteroatoms. The summed E-state index contributed by atoms with van der Waals surface area (Å²) in [5.74, 6) is -0.271. The highest BCUT2D eigenvalue weighted by atomic mass is 19.3. The maximum absolute atomic E-state index is 12.9. The van der Waals surface area contributed by atoms with E-state index in [0.29, 0.717) is 18.7 Å². The Hall–Kier alpha value is -3.30. The van der Waals surface area contributed by atoms with Crippen LogP contribution in [0.5, 0.6) is 0 Å².